The first-order valence-corrected chi connectivity index (χ1v) is 3.78. The molecule has 0 fully saturated rings. The van der Waals surface area contributed by atoms with E-state index >= 15 is 0 Å². The maximum absolute atomic E-state index is 11.7. The number of halogens is 2. The predicted molar refractivity (Wildman–Crippen MR) is 43.6 cm³/mol. The standard InChI is InChI=1S/C8H10F2N2O/c9-8(10)5-13-7-2-1-6(3-11)12-4-7/h1-2,4,8H,3,5,11H2. The molecule has 1 heterocycles. The van der Waals surface area contributed by atoms with Crippen LogP contribution in [0.2, 0.25) is 0 Å². The molecule has 0 radical (unpaired) electrons. The summed E-state index contributed by atoms with van der Waals surface area (Å²) in [5.41, 5.74) is 6.00. The molecule has 0 bridgehead atoms. The highest BCUT2D eigenvalue weighted by atomic mass is 19.3. The molecule has 2 N–H and O–H groups in total. The molecule has 13 heavy (non-hydrogen) atoms. The zero-order valence-electron chi connectivity index (χ0n) is 6.91. The van der Waals surface area contributed by atoms with Gasteiger partial charge in [0.15, 0.2) is 0 Å². The normalized spacial score (nSPS) is 10.5. The Morgan fingerprint density at radius 2 is 2.23 bits per heavy atom. The molecule has 0 aliphatic heterocycles. The van der Waals surface area contributed by atoms with Crippen molar-refractivity contribution in [1.82, 2.24) is 4.98 Å². The van der Waals surface area contributed by atoms with Crippen LogP contribution in [0, 0.1) is 0 Å². The van der Waals surface area contributed by atoms with E-state index in [0.717, 1.165) is 0 Å². The fourth-order valence-corrected chi connectivity index (χ4v) is 0.776. The van der Waals surface area contributed by atoms with Gasteiger partial charge in [-0.1, -0.05) is 0 Å². The van der Waals surface area contributed by atoms with Crippen LogP contribution < -0.4 is 10.5 Å². The lowest BCUT2D eigenvalue weighted by Crippen LogP contribution is -2.07. The molecule has 72 valence electrons. The minimum atomic E-state index is -2.46. The number of rotatable bonds is 4. The second-order valence-corrected chi connectivity index (χ2v) is 2.39. The van der Waals surface area contributed by atoms with E-state index < -0.39 is 13.0 Å². The van der Waals surface area contributed by atoms with Crippen molar-refractivity contribution in [3.8, 4) is 5.75 Å². The smallest absolute Gasteiger partial charge is 0.272 e. The van der Waals surface area contributed by atoms with Crippen LogP contribution in [0.3, 0.4) is 0 Å². The zero-order valence-corrected chi connectivity index (χ0v) is 6.91. The monoisotopic (exact) mass is 188 g/mol. The van der Waals surface area contributed by atoms with Crippen molar-refractivity contribution in [2.45, 2.75) is 13.0 Å². The van der Waals surface area contributed by atoms with Crippen LogP contribution in [0.5, 0.6) is 5.75 Å². The van der Waals surface area contributed by atoms with E-state index in [1.165, 1.54) is 6.20 Å². The Bertz CT molecular complexity index is 251. The van der Waals surface area contributed by atoms with Gasteiger partial charge in [-0.2, -0.15) is 0 Å². The lowest BCUT2D eigenvalue weighted by molar-refractivity contribution is 0.0817. The van der Waals surface area contributed by atoms with Gasteiger partial charge >= 0.3 is 0 Å². The first-order valence-electron chi connectivity index (χ1n) is 3.78. The Kier molecular flexibility index (Phi) is 3.57. The maximum atomic E-state index is 11.7. The number of pyridine rings is 1. The molecule has 0 saturated carbocycles. The first-order chi connectivity index (χ1) is 6.22. The molecule has 1 rings (SSSR count). The molecule has 0 aromatic carbocycles. The molecule has 1 aromatic rings. The Morgan fingerprint density at radius 1 is 1.46 bits per heavy atom. The number of hydrogen-bond donors (Lipinski definition) is 1. The third-order valence-corrected chi connectivity index (χ3v) is 1.38. The highest BCUT2D eigenvalue weighted by molar-refractivity contribution is 5.19. The van der Waals surface area contributed by atoms with Crippen molar-refractivity contribution in [3.63, 3.8) is 0 Å². The number of ether oxygens (including phenoxy) is 1. The second kappa shape index (κ2) is 4.71. The average Bonchev–Trinajstić information content (AvgIpc) is 2.15. The minimum Gasteiger partial charge on any atom is -0.486 e. The number of nitrogens with two attached hydrogens (primary N) is 1. The van der Waals surface area contributed by atoms with Gasteiger partial charge in [0.1, 0.15) is 12.4 Å². The molecule has 0 unspecified atom stereocenters. The van der Waals surface area contributed by atoms with Crippen molar-refractivity contribution in [3.05, 3.63) is 24.0 Å². The van der Waals surface area contributed by atoms with Crippen molar-refractivity contribution in [1.29, 1.82) is 0 Å². The molecule has 5 heteroatoms. The average molecular weight is 188 g/mol. The van der Waals surface area contributed by atoms with Crippen molar-refractivity contribution in [2.75, 3.05) is 6.61 Å². The van der Waals surface area contributed by atoms with Crippen LogP contribution in [0.1, 0.15) is 5.69 Å². The van der Waals surface area contributed by atoms with Gasteiger partial charge in [-0.25, -0.2) is 8.78 Å². The molecule has 0 amide bonds. The number of alkyl halides is 2. The fourth-order valence-electron chi connectivity index (χ4n) is 0.776. The molecule has 0 aliphatic rings. The van der Waals surface area contributed by atoms with E-state index in [-0.39, 0.29) is 0 Å². The van der Waals surface area contributed by atoms with E-state index in [1.54, 1.807) is 12.1 Å². The van der Waals surface area contributed by atoms with E-state index in [1.807, 2.05) is 0 Å². The number of aromatic nitrogens is 1. The van der Waals surface area contributed by atoms with Gasteiger partial charge in [0.2, 0.25) is 0 Å². The van der Waals surface area contributed by atoms with E-state index in [2.05, 4.69) is 4.98 Å². The van der Waals surface area contributed by atoms with Gasteiger partial charge in [0.25, 0.3) is 6.43 Å². The number of nitrogens with zero attached hydrogens (tertiary/aromatic N) is 1. The van der Waals surface area contributed by atoms with Crippen LogP contribution in [0.25, 0.3) is 0 Å². The summed E-state index contributed by atoms with van der Waals surface area (Å²) in [4.78, 5) is 3.88. The molecule has 3 nitrogen and oxygen atoms in total. The Morgan fingerprint density at radius 3 is 2.69 bits per heavy atom. The van der Waals surface area contributed by atoms with Crippen molar-refractivity contribution < 1.29 is 13.5 Å². The van der Waals surface area contributed by atoms with Crippen LogP contribution in [0.4, 0.5) is 8.78 Å². The van der Waals surface area contributed by atoms with Gasteiger partial charge in [0, 0.05) is 6.54 Å². The summed E-state index contributed by atoms with van der Waals surface area (Å²) in [6.07, 6.45) is -1.08. The summed E-state index contributed by atoms with van der Waals surface area (Å²) in [7, 11) is 0. The molecule has 0 saturated heterocycles. The van der Waals surface area contributed by atoms with Gasteiger partial charge in [-0.3, -0.25) is 4.98 Å². The Labute approximate surface area is 74.5 Å². The molecular formula is C8H10F2N2O. The lowest BCUT2D eigenvalue weighted by Gasteiger charge is -2.04. The van der Waals surface area contributed by atoms with Crippen LogP contribution in [0.15, 0.2) is 18.3 Å². The molecule has 0 spiro atoms. The molecule has 0 atom stereocenters. The Balaban J connectivity index is 2.49. The third-order valence-electron chi connectivity index (χ3n) is 1.38. The summed E-state index contributed by atoms with van der Waals surface area (Å²) >= 11 is 0. The first kappa shape index (κ1) is 9.85. The summed E-state index contributed by atoms with van der Waals surface area (Å²) in [5, 5.41) is 0. The largest absolute Gasteiger partial charge is 0.486 e. The van der Waals surface area contributed by atoms with E-state index in [4.69, 9.17) is 10.5 Å². The summed E-state index contributed by atoms with van der Waals surface area (Å²) in [5.74, 6) is 0.331. The lowest BCUT2D eigenvalue weighted by atomic mass is 10.3. The van der Waals surface area contributed by atoms with E-state index in [9.17, 15) is 8.78 Å². The van der Waals surface area contributed by atoms with Crippen molar-refractivity contribution in [2.24, 2.45) is 5.73 Å². The summed E-state index contributed by atoms with van der Waals surface area (Å²) < 4.78 is 28.1. The van der Waals surface area contributed by atoms with Crippen LogP contribution in [-0.4, -0.2) is 18.0 Å². The van der Waals surface area contributed by atoms with E-state index in [0.29, 0.717) is 18.0 Å². The van der Waals surface area contributed by atoms with Gasteiger partial charge in [-0.05, 0) is 12.1 Å². The number of hydrogen-bond acceptors (Lipinski definition) is 3. The maximum Gasteiger partial charge on any atom is 0.272 e. The molecular weight excluding hydrogens is 178 g/mol. The van der Waals surface area contributed by atoms with Gasteiger partial charge in [0.05, 0.1) is 11.9 Å². The van der Waals surface area contributed by atoms with Crippen LogP contribution >= 0.6 is 0 Å². The molecule has 1 aromatic heterocycles. The summed E-state index contributed by atoms with van der Waals surface area (Å²) in [6.45, 7) is -0.279. The van der Waals surface area contributed by atoms with Crippen LogP contribution in [-0.2, 0) is 6.54 Å². The quantitative estimate of drug-likeness (QED) is 0.771. The fraction of sp³-hybridized carbons (Fsp3) is 0.375. The SMILES string of the molecule is NCc1ccc(OCC(F)F)cn1. The molecule has 0 aliphatic carbocycles. The third kappa shape index (κ3) is 3.33. The minimum absolute atomic E-state index is 0.328. The summed E-state index contributed by atoms with van der Waals surface area (Å²) in [6, 6.07) is 3.21. The predicted octanol–water partition coefficient (Wildman–Crippen LogP) is 1.18. The van der Waals surface area contributed by atoms with Crippen molar-refractivity contribution >= 4 is 0 Å². The topological polar surface area (TPSA) is 48.1 Å². The zero-order chi connectivity index (χ0) is 9.68. The Hall–Kier alpha value is -1.23. The van der Waals surface area contributed by atoms with Gasteiger partial charge in [-0.15, -0.1) is 0 Å². The highest BCUT2D eigenvalue weighted by Gasteiger charge is 2.03. The second-order valence-electron chi connectivity index (χ2n) is 2.39. The van der Waals surface area contributed by atoms with Gasteiger partial charge < -0.3 is 10.5 Å². The highest BCUT2D eigenvalue weighted by Crippen LogP contribution is 2.09.